The Kier molecular flexibility index (Phi) is 7.18. The fourth-order valence-electron chi connectivity index (χ4n) is 3.96. The monoisotopic (exact) mass is 438 g/mol. The topological polar surface area (TPSA) is 105 Å². The highest BCUT2D eigenvalue weighted by Gasteiger charge is 2.35. The average molecular weight is 439 g/mol. The lowest BCUT2D eigenvalue weighted by Gasteiger charge is -2.29. The van der Waals surface area contributed by atoms with E-state index < -0.39 is 17.6 Å². The summed E-state index contributed by atoms with van der Waals surface area (Å²) in [5, 5.41) is 14.3. The molecular weight excluding hydrogens is 408 g/mol. The van der Waals surface area contributed by atoms with E-state index >= 15 is 0 Å². The van der Waals surface area contributed by atoms with Gasteiger partial charge in [-0.3, -0.25) is 9.59 Å². The third-order valence-corrected chi connectivity index (χ3v) is 6.10. The molecule has 2 aromatic rings. The summed E-state index contributed by atoms with van der Waals surface area (Å²) in [5.41, 5.74) is 3.35. The molecule has 3 rings (SSSR count). The second kappa shape index (κ2) is 9.85. The standard InChI is InChI=1S/C25H30N2O5/c1-4-25(3,23(30)26-16(2)13-14-22(28)29)27-24(31)32-15-21-19-11-7-5-9-17(19)18-10-6-8-12-20(18)21/h5-12,16,21H,4,13-15H2,1-3H3,(H,26,30)(H,27,31)(H,28,29). The van der Waals surface area contributed by atoms with Gasteiger partial charge in [-0.05, 0) is 48.9 Å². The van der Waals surface area contributed by atoms with E-state index in [9.17, 15) is 14.4 Å². The molecule has 0 heterocycles. The Balaban J connectivity index is 1.62. The number of carboxylic acids is 1. The number of ether oxygens (including phenoxy) is 1. The van der Waals surface area contributed by atoms with Gasteiger partial charge in [0, 0.05) is 18.4 Å². The van der Waals surface area contributed by atoms with Crippen LogP contribution in [0.4, 0.5) is 4.79 Å². The molecule has 32 heavy (non-hydrogen) atoms. The van der Waals surface area contributed by atoms with Crippen LogP contribution in [0.2, 0.25) is 0 Å². The van der Waals surface area contributed by atoms with Gasteiger partial charge in [-0.15, -0.1) is 0 Å². The maximum Gasteiger partial charge on any atom is 0.408 e. The number of hydrogen-bond acceptors (Lipinski definition) is 4. The number of aliphatic carboxylic acids is 1. The van der Waals surface area contributed by atoms with Crippen LogP contribution < -0.4 is 10.6 Å². The lowest BCUT2D eigenvalue weighted by Crippen LogP contribution is -2.58. The molecular formula is C25H30N2O5. The van der Waals surface area contributed by atoms with Crippen molar-refractivity contribution in [3.8, 4) is 11.1 Å². The van der Waals surface area contributed by atoms with Gasteiger partial charge in [-0.25, -0.2) is 4.79 Å². The molecule has 0 aromatic heterocycles. The van der Waals surface area contributed by atoms with Crippen molar-refractivity contribution in [2.75, 3.05) is 6.61 Å². The van der Waals surface area contributed by atoms with Crippen LogP contribution in [0.25, 0.3) is 11.1 Å². The minimum atomic E-state index is -1.17. The Morgan fingerprint density at radius 1 is 1.06 bits per heavy atom. The third kappa shape index (κ3) is 5.10. The van der Waals surface area contributed by atoms with Crippen molar-refractivity contribution in [3.63, 3.8) is 0 Å². The minimum absolute atomic E-state index is 0.0376. The van der Waals surface area contributed by atoms with Crippen molar-refractivity contribution in [2.24, 2.45) is 0 Å². The smallest absolute Gasteiger partial charge is 0.408 e. The van der Waals surface area contributed by atoms with Gasteiger partial charge in [0.05, 0.1) is 0 Å². The first-order valence-corrected chi connectivity index (χ1v) is 10.9. The van der Waals surface area contributed by atoms with Crippen LogP contribution in [0.5, 0.6) is 0 Å². The molecule has 1 aliphatic carbocycles. The normalized spacial score (nSPS) is 15.1. The molecule has 0 radical (unpaired) electrons. The molecule has 7 heteroatoms. The second-order valence-electron chi connectivity index (χ2n) is 8.44. The molecule has 0 aliphatic heterocycles. The van der Waals surface area contributed by atoms with E-state index in [0.29, 0.717) is 12.8 Å². The van der Waals surface area contributed by atoms with E-state index in [1.54, 1.807) is 20.8 Å². The Hall–Kier alpha value is -3.35. The molecule has 2 amide bonds. The molecule has 0 fully saturated rings. The number of hydrogen-bond donors (Lipinski definition) is 3. The maximum atomic E-state index is 12.7. The molecule has 0 saturated heterocycles. The van der Waals surface area contributed by atoms with Crippen LogP contribution in [-0.4, -0.2) is 41.3 Å². The van der Waals surface area contributed by atoms with Crippen molar-refractivity contribution in [3.05, 3.63) is 59.7 Å². The summed E-state index contributed by atoms with van der Waals surface area (Å²) in [6.45, 7) is 5.33. The Bertz CT molecular complexity index is 960. The molecule has 2 aromatic carbocycles. The van der Waals surface area contributed by atoms with Crippen molar-refractivity contribution >= 4 is 18.0 Å². The predicted octanol–water partition coefficient (Wildman–Crippen LogP) is 4.06. The van der Waals surface area contributed by atoms with E-state index in [-0.39, 0.29) is 30.9 Å². The minimum Gasteiger partial charge on any atom is -0.481 e. The quantitative estimate of drug-likeness (QED) is 0.548. The zero-order valence-corrected chi connectivity index (χ0v) is 18.7. The molecule has 7 nitrogen and oxygen atoms in total. The Morgan fingerprint density at radius 2 is 1.62 bits per heavy atom. The molecule has 2 unspecified atom stereocenters. The SMILES string of the molecule is CCC(C)(NC(=O)OCC1c2ccccc2-c2ccccc21)C(=O)NC(C)CCC(=O)O. The number of carbonyl (C=O) groups is 3. The first kappa shape index (κ1) is 23.3. The highest BCUT2D eigenvalue weighted by Crippen LogP contribution is 2.44. The van der Waals surface area contributed by atoms with E-state index in [1.165, 1.54) is 0 Å². The van der Waals surface area contributed by atoms with Gasteiger partial charge >= 0.3 is 12.1 Å². The van der Waals surface area contributed by atoms with Crippen LogP contribution in [0.3, 0.4) is 0 Å². The van der Waals surface area contributed by atoms with Gasteiger partial charge < -0.3 is 20.5 Å². The molecule has 1 aliphatic rings. The number of benzene rings is 2. The van der Waals surface area contributed by atoms with Gasteiger partial charge in [-0.2, -0.15) is 0 Å². The summed E-state index contributed by atoms with van der Waals surface area (Å²) < 4.78 is 5.56. The molecule has 0 saturated carbocycles. The molecule has 3 N–H and O–H groups in total. The summed E-state index contributed by atoms with van der Waals surface area (Å²) in [4.78, 5) is 36.1. The van der Waals surface area contributed by atoms with Crippen molar-refractivity contribution < 1.29 is 24.2 Å². The molecule has 2 atom stereocenters. The number of nitrogens with one attached hydrogen (secondary N) is 2. The Labute approximate surface area is 188 Å². The van der Waals surface area contributed by atoms with Crippen molar-refractivity contribution in [1.29, 1.82) is 0 Å². The number of alkyl carbamates (subject to hydrolysis) is 1. The fraction of sp³-hybridized carbons (Fsp3) is 0.400. The summed E-state index contributed by atoms with van der Waals surface area (Å²) in [6, 6.07) is 15.8. The molecule has 0 bridgehead atoms. The lowest BCUT2D eigenvalue weighted by molar-refractivity contribution is -0.137. The van der Waals surface area contributed by atoms with Gasteiger partial charge in [0.15, 0.2) is 0 Å². The van der Waals surface area contributed by atoms with Crippen molar-refractivity contribution in [2.45, 2.75) is 57.5 Å². The van der Waals surface area contributed by atoms with Gasteiger partial charge in [0.2, 0.25) is 5.91 Å². The maximum absolute atomic E-state index is 12.7. The highest BCUT2D eigenvalue weighted by atomic mass is 16.5. The molecule has 170 valence electrons. The first-order valence-electron chi connectivity index (χ1n) is 10.9. The molecule has 0 spiro atoms. The second-order valence-corrected chi connectivity index (χ2v) is 8.44. The van der Waals surface area contributed by atoms with Crippen molar-refractivity contribution in [1.82, 2.24) is 10.6 Å². The fourth-order valence-corrected chi connectivity index (χ4v) is 3.96. The summed E-state index contributed by atoms with van der Waals surface area (Å²) in [7, 11) is 0. The number of rotatable bonds is 9. The predicted molar refractivity (Wildman–Crippen MR) is 121 cm³/mol. The Morgan fingerprint density at radius 3 is 2.16 bits per heavy atom. The largest absolute Gasteiger partial charge is 0.481 e. The van der Waals surface area contributed by atoms with Crippen LogP contribution in [0.1, 0.15) is 57.1 Å². The number of carboxylic acid groups (broad SMARTS) is 1. The zero-order valence-electron chi connectivity index (χ0n) is 18.7. The number of fused-ring (bicyclic) bond motifs is 3. The van der Waals surface area contributed by atoms with Gasteiger partial charge in [0.1, 0.15) is 12.1 Å². The summed E-state index contributed by atoms with van der Waals surface area (Å²) >= 11 is 0. The third-order valence-electron chi connectivity index (χ3n) is 6.10. The number of carbonyl (C=O) groups excluding carboxylic acids is 2. The van der Waals surface area contributed by atoms with Gasteiger partial charge in [-0.1, -0.05) is 55.5 Å². The first-order chi connectivity index (χ1) is 15.2. The summed E-state index contributed by atoms with van der Waals surface area (Å²) in [5.74, 6) is -1.35. The average Bonchev–Trinajstić information content (AvgIpc) is 3.10. The van der Waals surface area contributed by atoms with Crippen LogP contribution in [-0.2, 0) is 14.3 Å². The van der Waals surface area contributed by atoms with Crippen LogP contribution in [0.15, 0.2) is 48.5 Å². The van der Waals surface area contributed by atoms with E-state index in [2.05, 4.69) is 22.8 Å². The van der Waals surface area contributed by atoms with Crippen LogP contribution >= 0.6 is 0 Å². The highest BCUT2D eigenvalue weighted by molar-refractivity contribution is 5.89. The van der Waals surface area contributed by atoms with Gasteiger partial charge in [0.25, 0.3) is 0 Å². The summed E-state index contributed by atoms with van der Waals surface area (Å²) in [6.07, 6.45) is -0.0329. The van der Waals surface area contributed by atoms with E-state index in [4.69, 9.17) is 9.84 Å². The van der Waals surface area contributed by atoms with E-state index in [0.717, 1.165) is 22.3 Å². The zero-order chi connectivity index (χ0) is 23.3. The van der Waals surface area contributed by atoms with Crippen LogP contribution in [0, 0.1) is 0 Å². The lowest BCUT2D eigenvalue weighted by atomic mass is 9.97. The van der Waals surface area contributed by atoms with E-state index in [1.807, 2.05) is 36.4 Å². The number of amides is 2.